The van der Waals surface area contributed by atoms with Gasteiger partial charge in [0.1, 0.15) is 23.1 Å². The third kappa shape index (κ3) is 3.48. The fourth-order valence-electron chi connectivity index (χ4n) is 1.50. The van der Waals surface area contributed by atoms with E-state index in [1.807, 2.05) is 38.1 Å². The van der Waals surface area contributed by atoms with E-state index in [1.54, 1.807) is 12.1 Å². The maximum atomic E-state index is 12.7. The van der Waals surface area contributed by atoms with Crippen molar-refractivity contribution in [2.75, 3.05) is 0 Å². The van der Waals surface area contributed by atoms with E-state index in [1.165, 1.54) is 12.1 Å². The van der Waals surface area contributed by atoms with Gasteiger partial charge in [0.2, 0.25) is 0 Å². The predicted octanol–water partition coefficient (Wildman–Crippen LogP) is 4.41. The van der Waals surface area contributed by atoms with Gasteiger partial charge in [0.15, 0.2) is 0 Å². The van der Waals surface area contributed by atoms with Gasteiger partial charge in [0, 0.05) is 0 Å². The van der Waals surface area contributed by atoms with Gasteiger partial charge in [-0.3, -0.25) is 0 Å². The van der Waals surface area contributed by atoms with E-state index in [-0.39, 0.29) is 11.9 Å². The number of hydrogen-bond donors (Lipinski definition) is 0. The lowest BCUT2D eigenvalue weighted by atomic mass is 10.3. The first kappa shape index (κ1) is 12.4. The van der Waals surface area contributed by atoms with Gasteiger partial charge >= 0.3 is 0 Å². The molecule has 3 heteroatoms. The summed E-state index contributed by atoms with van der Waals surface area (Å²) in [5.74, 6) is 1.83. The highest BCUT2D eigenvalue weighted by atomic mass is 19.1. The van der Waals surface area contributed by atoms with E-state index < -0.39 is 0 Å². The smallest absolute Gasteiger partial charge is 0.127 e. The van der Waals surface area contributed by atoms with Crippen molar-refractivity contribution in [1.82, 2.24) is 0 Å². The zero-order chi connectivity index (χ0) is 13.0. The molecule has 0 fully saturated rings. The molecule has 2 aromatic carbocycles. The molecule has 2 nitrogen and oxygen atoms in total. The summed E-state index contributed by atoms with van der Waals surface area (Å²) in [4.78, 5) is 0. The Hall–Kier alpha value is -2.03. The Morgan fingerprint density at radius 3 is 1.72 bits per heavy atom. The second-order valence-corrected chi connectivity index (χ2v) is 4.19. The summed E-state index contributed by atoms with van der Waals surface area (Å²) >= 11 is 0. The van der Waals surface area contributed by atoms with Crippen molar-refractivity contribution in [2.24, 2.45) is 0 Å². The second-order valence-electron chi connectivity index (χ2n) is 4.19. The average Bonchev–Trinajstić information content (AvgIpc) is 2.34. The first-order valence-corrected chi connectivity index (χ1v) is 5.83. The van der Waals surface area contributed by atoms with Crippen LogP contribution in [0.1, 0.15) is 13.8 Å². The summed E-state index contributed by atoms with van der Waals surface area (Å²) in [6.07, 6.45) is 0.147. The van der Waals surface area contributed by atoms with Crippen molar-refractivity contribution < 1.29 is 13.9 Å². The topological polar surface area (TPSA) is 18.5 Å². The summed E-state index contributed by atoms with van der Waals surface area (Å²) < 4.78 is 23.8. The average molecular weight is 246 g/mol. The highest BCUT2D eigenvalue weighted by Crippen LogP contribution is 2.24. The molecule has 0 spiro atoms. The van der Waals surface area contributed by atoms with Crippen LogP contribution in [0.4, 0.5) is 4.39 Å². The maximum Gasteiger partial charge on any atom is 0.127 e. The Morgan fingerprint density at radius 1 is 0.778 bits per heavy atom. The third-order valence-corrected chi connectivity index (χ3v) is 2.24. The van der Waals surface area contributed by atoms with Crippen molar-refractivity contribution in [1.29, 1.82) is 0 Å². The molecule has 0 aliphatic rings. The molecule has 94 valence electrons. The molecule has 0 saturated heterocycles. The molecule has 0 heterocycles. The Labute approximate surface area is 106 Å². The van der Waals surface area contributed by atoms with E-state index in [0.717, 1.165) is 5.75 Å². The molecule has 0 N–H and O–H groups in total. The number of benzene rings is 2. The quantitative estimate of drug-likeness (QED) is 0.795. The lowest BCUT2D eigenvalue weighted by Gasteiger charge is -2.10. The van der Waals surface area contributed by atoms with Gasteiger partial charge in [0.25, 0.3) is 0 Å². The van der Waals surface area contributed by atoms with Crippen LogP contribution in [0, 0.1) is 5.82 Å². The molecule has 0 aliphatic heterocycles. The summed E-state index contributed by atoms with van der Waals surface area (Å²) in [5.41, 5.74) is 0. The summed E-state index contributed by atoms with van der Waals surface area (Å²) in [6, 6.07) is 13.2. The fourth-order valence-corrected chi connectivity index (χ4v) is 1.50. The summed E-state index contributed by atoms with van der Waals surface area (Å²) in [5, 5.41) is 0. The molecule has 0 saturated carbocycles. The number of rotatable bonds is 4. The molecule has 0 aromatic heterocycles. The Bertz CT molecular complexity index is 489. The van der Waals surface area contributed by atoms with E-state index in [4.69, 9.17) is 9.47 Å². The Morgan fingerprint density at radius 2 is 1.22 bits per heavy atom. The van der Waals surface area contributed by atoms with Crippen LogP contribution in [0.3, 0.4) is 0 Å². The third-order valence-electron chi connectivity index (χ3n) is 2.24. The van der Waals surface area contributed by atoms with E-state index >= 15 is 0 Å². The molecule has 0 aliphatic carbocycles. The van der Waals surface area contributed by atoms with Gasteiger partial charge in [-0.1, -0.05) is 0 Å². The van der Waals surface area contributed by atoms with Gasteiger partial charge in [-0.05, 0) is 62.4 Å². The van der Waals surface area contributed by atoms with Gasteiger partial charge in [-0.25, -0.2) is 4.39 Å². The first-order valence-electron chi connectivity index (χ1n) is 5.83. The molecule has 0 radical (unpaired) electrons. The SMILES string of the molecule is CC(C)Oc1ccc(Oc2ccc(F)cc2)cc1. The zero-order valence-corrected chi connectivity index (χ0v) is 10.4. The molecular weight excluding hydrogens is 231 g/mol. The van der Waals surface area contributed by atoms with Crippen molar-refractivity contribution >= 4 is 0 Å². The molecule has 0 unspecified atom stereocenters. The highest BCUT2D eigenvalue weighted by molar-refractivity contribution is 5.35. The number of hydrogen-bond acceptors (Lipinski definition) is 2. The van der Waals surface area contributed by atoms with Crippen LogP contribution >= 0.6 is 0 Å². The molecule has 0 bridgehead atoms. The predicted molar refractivity (Wildman–Crippen MR) is 68.7 cm³/mol. The number of ether oxygens (including phenoxy) is 2. The van der Waals surface area contributed by atoms with Crippen molar-refractivity contribution in [3.05, 3.63) is 54.3 Å². The van der Waals surface area contributed by atoms with Crippen molar-refractivity contribution in [3.63, 3.8) is 0 Å². The molecule has 0 amide bonds. The Balaban J connectivity index is 2.04. The lowest BCUT2D eigenvalue weighted by Crippen LogP contribution is -2.05. The minimum atomic E-state index is -0.275. The van der Waals surface area contributed by atoms with E-state index in [9.17, 15) is 4.39 Å². The normalized spacial score (nSPS) is 10.4. The van der Waals surface area contributed by atoms with Crippen LogP contribution < -0.4 is 9.47 Å². The zero-order valence-electron chi connectivity index (χ0n) is 10.4. The van der Waals surface area contributed by atoms with Crippen LogP contribution in [0.15, 0.2) is 48.5 Å². The van der Waals surface area contributed by atoms with Crippen LogP contribution in [0.25, 0.3) is 0 Å². The highest BCUT2D eigenvalue weighted by Gasteiger charge is 2.00. The molecule has 2 rings (SSSR count). The minimum Gasteiger partial charge on any atom is -0.491 e. The van der Waals surface area contributed by atoms with Crippen LogP contribution in [-0.2, 0) is 0 Å². The first-order chi connectivity index (χ1) is 8.63. The largest absolute Gasteiger partial charge is 0.491 e. The Kier molecular flexibility index (Phi) is 3.82. The maximum absolute atomic E-state index is 12.7. The van der Waals surface area contributed by atoms with Crippen molar-refractivity contribution in [3.8, 4) is 17.2 Å². The van der Waals surface area contributed by atoms with Crippen LogP contribution in [0.5, 0.6) is 17.2 Å². The van der Waals surface area contributed by atoms with Gasteiger partial charge in [-0.2, -0.15) is 0 Å². The van der Waals surface area contributed by atoms with E-state index in [2.05, 4.69) is 0 Å². The van der Waals surface area contributed by atoms with Crippen LogP contribution in [-0.4, -0.2) is 6.10 Å². The fraction of sp³-hybridized carbons (Fsp3) is 0.200. The van der Waals surface area contributed by atoms with Crippen LogP contribution in [0.2, 0.25) is 0 Å². The van der Waals surface area contributed by atoms with Crippen molar-refractivity contribution in [2.45, 2.75) is 20.0 Å². The molecule has 0 atom stereocenters. The van der Waals surface area contributed by atoms with E-state index in [0.29, 0.717) is 11.5 Å². The van der Waals surface area contributed by atoms with Gasteiger partial charge < -0.3 is 9.47 Å². The molecule has 2 aromatic rings. The van der Waals surface area contributed by atoms with Gasteiger partial charge in [-0.15, -0.1) is 0 Å². The minimum absolute atomic E-state index is 0.147. The standard InChI is InChI=1S/C15H15FO2/c1-11(2)17-13-7-9-15(10-8-13)18-14-5-3-12(16)4-6-14/h3-11H,1-2H3. The molecule has 18 heavy (non-hydrogen) atoms. The van der Waals surface area contributed by atoms with Gasteiger partial charge in [0.05, 0.1) is 6.10 Å². The summed E-state index contributed by atoms with van der Waals surface area (Å²) in [6.45, 7) is 3.95. The lowest BCUT2D eigenvalue weighted by molar-refractivity contribution is 0.242. The summed E-state index contributed by atoms with van der Waals surface area (Å²) in [7, 11) is 0. The number of halogens is 1. The second kappa shape index (κ2) is 5.54. The monoisotopic (exact) mass is 246 g/mol. The molecular formula is C15H15FO2.